The molecule has 0 radical (unpaired) electrons. The van der Waals surface area contributed by atoms with E-state index in [0.717, 1.165) is 23.4 Å². The van der Waals surface area contributed by atoms with Crippen molar-refractivity contribution in [2.75, 3.05) is 31.1 Å². The van der Waals surface area contributed by atoms with Gasteiger partial charge in [0.15, 0.2) is 0 Å². The topological polar surface area (TPSA) is 87.7 Å². The molecule has 0 atom stereocenters. The van der Waals surface area contributed by atoms with Gasteiger partial charge in [0.05, 0.1) is 13.1 Å². The lowest BCUT2D eigenvalue weighted by Gasteiger charge is -2.15. The van der Waals surface area contributed by atoms with Gasteiger partial charge in [0.2, 0.25) is 11.8 Å². The maximum Gasteiger partial charge on any atom is 0.251 e. The van der Waals surface area contributed by atoms with Gasteiger partial charge in [0.25, 0.3) is 5.91 Å². The Labute approximate surface area is 176 Å². The van der Waals surface area contributed by atoms with Crippen LogP contribution >= 0.6 is 0 Å². The summed E-state index contributed by atoms with van der Waals surface area (Å²) in [4.78, 5) is 37.7. The molecule has 2 N–H and O–H groups in total. The molecule has 0 saturated carbocycles. The van der Waals surface area contributed by atoms with Crippen molar-refractivity contribution in [3.05, 3.63) is 59.2 Å². The largest absolute Gasteiger partial charge is 0.491 e. The van der Waals surface area contributed by atoms with Crippen LogP contribution in [0.4, 0.5) is 5.69 Å². The third kappa shape index (κ3) is 5.59. The zero-order valence-electron chi connectivity index (χ0n) is 17.4. The van der Waals surface area contributed by atoms with Crippen molar-refractivity contribution in [2.24, 2.45) is 0 Å². The Morgan fingerprint density at radius 3 is 2.50 bits per heavy atom. The summed E-state index contributed by atoms with van der Waals surface area (Å²) in [5.74, 6) is 0.274. The van der Waals surface area contributed by atoms with E-state index in [1.807, 2.05) is 32.0 Å². The van der Waals surface area contributed by atoms with E-state index in [4.69, 9.17) is 4.74 Å². The van der Waals surface area contributed by atoms with Gasteiger partial charge < -0.3 is 20.3 Å². The van der Waals surface area contributed by atoms with Crippen molar-refractivity contribution < 1.29 is 19.1 Å². The molecule has 158 valence electrons. The molecule has 7 nitrogen and oxygen atoms in total. The molecule has 0 aromatic heterocycles. The van der Waals surface area contributed by atoms with Crippen LogP contribution in [0, 0.1) is 13.8 Å². The van der Waals surface area contributed by atoms with Crippen LogP contribution in [-0.4, -0.2) is 44.0 Å². The minimum absolute atomic E-state index is 0.102. The molecule has 7 heteroatoms. The fourth-order valence-corrected chi connectivity index (χ4v) is 3.35. The summed E-state index contributed by atoms with van der Waals surface area (Å²) < 4.78 is 5.67. The predicted octanol–water partition coefficient (Wildman–Crippen LogP) is 2.36. The van der Waals surface area contributed by atoms with Crippen LogP contribution in [0.3, 0.4) is 0 Å². The highest BCUT2D eigenvalue weighted by molar-refractivity contribution is 5.98. The number of benzene rings is 2. The van der Waals surface area contributed by atoms with E-state index in [1.165, 1.54) is 5.56 Å². The number of aryl methyl sites for hydroxylation is 2. The molecule has 2 aromatic rings. The Bertz CT molecular complexity index is 925. The number of carbonyl (C=O) groups is 3. The van der Waals surface area contributed by atoms with Crippen molar-refractivity contribution in [1.29, 1.82) is 0 Å². The first-order valence-electron chi connectivity index (χ1n) is 10.1. The summed E-state index contributed by atoms with van der Waals surface area (Å²) in [6.45, 7) is 5.29. The molecule has 30 heavy (non-hydrogen) atoms. The highest BCUT2D eigenvalue weighted by Gasteiger charge is 2.21. The maximum atomic E-state index is 12.2. The molecule has 1 saturated heterocycles. The molecule has 2 aromatic carbocycles. The first-order valence-corrected chi connectivity index (χ1v) is 10.1. The highest BCUT2D eigenvalue weighted by atomic mass is 16.5. The lowest BCUT2D eigenvalue weighted by Crippen LogP contribution is -2.38. The van der Waals surface area contributed by atoms with Gasteiger partial charge in [-0.15, -0.1) is 0 Å². The van der Waals surface area contributed by atoms with Crippen molar-refractivity contribution in [2.45, 2.75) is 26.7 Å². The van der Waals surface area contributed by atoms with Gasteiger partial charge in [-0.05, 0) is 56.2 Å². The van der Waals surface area contributed by atoms with E-state index >= 15 is 0 Å². The lowest BCUT2D eigenvalue weighted by molar-refractivity contribution is -0.120. The molecule has 0 spiro atoms. The monoisotopic (exact) mass is 409 g/mol. The Morgan fingerprint density at radius 1 is 1.07 bits per heavy atom. The van der Waals surface area contributed by atoms with E-state index in [9.17, 15) is 14.4 Å². The number of nitrogens with zero attached hydrogens (tertiary/aromatic N) is 1. The fourth-order valence-electron chi connectivity index (χ4n) is 3.35. The molecule has 1 heterocycles. The second kappa shape index (κ2) is 9.91. The molecular formula is C23H27N3O4. The average Bonchev–Trinajstić information content (AvgIpc) is 3.16. The smallest absolute Gasteiger partial charge is 0.251 e. The van der Waals surface area contributed by atoms with Gasteiger partial charge in [0.1, 0.15) is 12.4 Å². The summed E-state index contributed by atoms with van der Waals surface area (Å²) in [7, 11) is 0. The van der Waals surface area contributed by atoms with Gasteiger partial charge in [-0.2, -0.15) is 0 Å². The van der Waals surface area contributed by atoms with Gasteiger partial charge in [-0.3, -0.25) is 14.4 Å². The first kappa shape index (κ1) is 21.4. The molecule has 0 aliphatic carbocycles. The van der Waals surface area contributed by atoms with E-state index in [-0.39, 0.29) is 24.3 Å². The number of carbonyl (C=O) groups excluding carboxylic acids is 3. The second-order valence-corrected chi connectivity index (χ2v) is 7.35. The molecule has 3 rings (SSSR count). The van der Waals surface area contributed by atoms with E-state index in [1.54, 1.807) is 29.2 Å². The van der Waals surface area contributed by atoms with Crippen molar-refractivity contribution in [3.63, 3.8) is 0 Å². The normalized spacial score (nSPS) is 13.3. The summed E-state index contributed by atoms with van der Waals surface area (Å²) in [6, 6.07) is 12.8. The molecule has 3 amide bonds. The van der Waals surface area contributed by atoms with E-state index in [0.29, 0.717) is 31.7 Å². The van der Waals surface area contributed by atoms with Crippen LogP contribution in [0.15, 0.2) is 42.5 Å². The van der Waals surface area contributed by atoms with Gasteiger partial charge in [-0.1, -0.05) is 17.7 Å². The zero-order valence-corrected chi connectivity index (χ0v) is 17.4. The van der Waals surface area contributed by atoms with E-state index in [2.05, 4.69) is 10.6 Å². The Morgan fingerprint density at radius 2 is 1.83 bits per heavy atom. The number of hydrogen-bond donors (Lipinski definition) is 2. The van der Waals surface area contributed by atoms with E-state index < -0.39 is 0 Å². The number of anilines is 1. The summed E-state index contributed by atoms with van der Waals surface area (Å²) >= 11 is 0. The Hall–Kier alpha value is -3.35. The van der Waals surface area contributed by atoms with Crippen LogP contribution in [0.1, 0.15) is 34.3 Å². The van der Waals surface area contributed by atoms with Gasteiger partial charge in [-0.25, -0.2) is 0 Å². The summed E-state index contributed by atoms with van der Waals surface area (Å²) in [5, 5.41) is 5.32. The molecule has 0 unspecified atom stereocenters. The summed E-state index contributed by atoms with van der Waals surface area (Å²) in [5.41, 5.74) is 3.45. The molecule has 1 fully saturated rings. The highest BCUT2D eigenvalue weighted by Crippen LogP contribution is 2.21. The fraction of sp³-hybridized carbons (Fsp3) is 0.348. The second-order valence-electron chi connectivity index (χ2n) is 7.35. The number of rotatable bonds is 8. The van der Waals surface area contributed by atoms with Crippen LogP contribution in [0.5, 0.6) is 5.75 Å². The molecule has 1 aliphatic heterocycles. The molecule has 0 bridgehead atoms. The Balaban J connectivity index is 1.38. The maximum absolute atomic E-state index is 12.2. The van der Waals surface area contributed by atoms with Crippen LogP contribution < -0.4 is 20.3 Å². The quantitative estimate of drug-likeness (QED) is 0.655. The minimum Gasteiger partial charge on any atom is -0.491 e. The average molecular weight is 409 g/mol. The van der Waals surface area contributed by atoms with Crippen molar-refractivity contribution in [1.82, 2.24) is 10.6 Å². The number of nitrogens with one attached hydrogen (secondary N) is 2. The van der Waals surface area contributed by atoms with Gasteiger partial charge >= 0.3 is 0 Å². The predicted molar refractivity (Wildman–Crippen MR) is 115 cm³/mol. The van der Waals surface area contributed by atoms with Gasteiger partial charge in [0, 0.05) is 24.2 Å². The third-order valence-electron chi connectivity index (χ3n) is 4.94. The first-order chi connectivity index (χ1) is 14.4. The van der Waals surface area contributed by atoms with Crippen molar-refractivity contribution in [3.8, 4) is 5.75 Å². The number of ether oxygens (including phenoxy) is 1. The van der Waals surface area contributed by atoms with Crippen LogP contribution in [-0.2, 0) is 9.59 Å². The van der Waals surface area contributed by atoms with Crippen LogP contribution in [0.25, 0.3) is 0 Å². The molecular weight excluding hydrogens is 382 g/mol. The number of hydrogen-bond acceptors (Lipinski definition) is 4. The minimum atomic E-state index is -0.337. The SMILES string of the molecule is Cc1ccc(OCCNC(=O)CNC(=O)c2ccc(N3CCCC3=O)cc2)c(C)c1. The Kier molecular flexibility index (Phi) is 7.06. The van der Waals surface area contributed by atoms with Crippen LogP contribution in [0.2, 0.25) is 0 Å². The lowest BCUT2D eigenvalue weighted by atomic mass is 10.1. The summed E-state index contributed by atoms with van der Waals surface area (Å²) in [6.07, 6.45) is 1.42. The third-order valence-corrected chi connectivity index (χ3v) is 4.94. The molecule has 1 aliphatic rings. The number of amides is 3. The zero-order chi connectivity index (χ0) is 21.5. The van der Waals surface area contributed by atoms with Crippen molar-refractivity contribution >= 4 is 23.4 Å². The standard InChI is InChI=1S/C23H27N3O4/c1-16-5-10-20(17(2)14-16)30-13-11-24-21(27)15-25-23(29)18-6-8-19(9-7-18)26-12-3-4-22(26)28/h5-10,14H,3-4,11-13,15H2,1-2H3,(H,24,27)(H,25,29).